The van der Waals surface area contributed by atoms with Crippen LogP contribution in [0.25, 0.3) is 90.0 Å². The third-order valence-electron chi connectivity index (χ3n) is 15.8. The zero-order valence-electron chi connectivity index (χ0n) is 51.1. The van der Waals surface area contributed by atoms with Gasteiger partial charge in [0.1, 0.15) is 29.1 Å². The molecule has 9 aromatic carbocycles. The molecule has 0 N–H and O–H groups in total. The van der Waals surface area contributed by atoms with Crippen molar-refractivity contribution in [3.05, 3.63) is 191 Å². The summed E-state index contributed by atoms with van der Waals surface area (Å²) >= 11 is 0. The average Bonchev–Trinajstić information content (AvgIpc) is 0.864. The maximum Gasteiger partial charge on any atom is 0.140 e. The lowest BCUT2D eigenvalue weighted by Crippen LogP contribution is -2.02. The fourth-order valence-corrected chi connectivity index (χ4v) is 11.1. The highest BCUT2D eigenvalue weighted by Gasteiger charge is 2.20. The predicted molar refractivity (Wildman–Crippen MR) is 366 cm³/mol. The topological polar surface area (TPSA) is 36.9 Å². The van der Waals surface area contributed by atoms with Gasteiger partial charge in [-0.05, 0) is 159 Å². The summed E-state index contributed by atoms with van der Waals surface area (Å²) in [4.78, 5) is 0. The highest BCUT2D eigenvalue weighted by atomic mass is 16.5. The van der Waals surface area contributed by atoms with E-state index in [1.807, 2.05) is 12.1 Å². The van der Waals surface area contributed by atoms with Crippen molar-refractivity contribution in [2.24, 2.45) is 0 Å². The number of ether oxygens (including phenoxy) is 4. The Morgan fingerprint density at radius 1 is 0.349 bits per heavy atom. The van der Waals surface area contributed by atoms with Crippen molar-refractivity contribution in [1.82, 2.24) is 0 Å². The molecule has 0 unspecified atom stereocenters. The number of rotatable bonds is 28. The van der Waals surface area contributed by atoms with Gasteiger partial charge in [0, 0.05) is 39.7 Å². The Bertz CT molecular complexity index is 4020. The minimum Gasteiger partial charge on any atom is -0.494 e. The molecule has 9 rings (SSSR count). The number of fused-ring (bicyclic) bond motifs is 3. The van der Waals surface area contributed by atoms with Crippen LogP contribution in [0.3, 0.4) is 0 Å². The van der Waals surface area contributed by atoms with Gasteiger partial charge >= 0.3 is 0 Å². The van der Waals surface area contributed by atoms with E-state index in [0.29, 0.717) is 19.0 Å². The van der Waals surface area contributed by atoms with E-state index >= 15 is 0 Å². The molecule has 4 nitrogen and oxygen atoms in total. The minimum absolute atomic E-state index is 0.617. The van der Waals surface area contributed by atoms with Gasteiger partial charge in [0.15, 0.2) is 0 Å². The van der Waals surface area contributed by atoms with Gasteiger partial charge in [-0.25, -0.2) is 0 Å². The van der Waals surface area contributed by atoms with Crippen molar-refractivity contribution < 1.29 is 18.9 Å². The molecular formula is C82H80O4. The largest absolute Gasteiger partial charge is 0.494 e. The number of benzene rings is 9. The van der Waals surface area contributed by atoms with Crippen LogP contribution < -0.4 is 18.9 Å². The molecular weight excluding hydrogens is 1050 g/mol. The molecule has 4 heteroatoms. The summed E-state index contributed by atoms with van der Waals surface area (Å²) in [5.41, 5.74) is 13.6. The number of hydrogen-bond donors (Lipinski definition) is 0. The zero-order valence-corrected chi connectivity index (χ0v) is 51.1. The molecule has 0 spiro atoms. The van der Waals surface area contributed by atoms with Crippen LogP contribution in [0.15, 0.2) is 158 Å². The van der Waals surface area contributed by atoms with Crippen LogP contribution in [0.2, 0.25) is 0 Å². The molecule has 0 fully saturated rings. The second-order valence-electron chi connectivity index (χ2n) is 22.3. The molecule has 0 bridgehead atoms. The Kier molecular flexibility index (Phi) is 22.9. The Labute approximate surface area is 512 Å². The monoisotopic (exact) mass is 1130 g/mol. The van der Waals surface area contributed by atoms with Crippen molar-refractivity contribution in [2.75, 3.05) is 19.8 Å². The van der Waals surface area contributed by atoms with Crippen molar-refractivity contribution in [1.29, 1.82) is 0 Å². The zero-order chi connectivity index (χ0) is 59.7. The van der Waals surface area contributed by atoms with Crippen LogP contribution in [0.5, 0.6) is 23.0 Å². The van der Waals surface area contributed by atoms with E-state index in [2.05, 4.69) is 246 Å². The molecule has 0 aromatic heterocycles. The van der Waals surface area contributed by atoms with Crippen LogP contribution in [0.1, 0.15) is 144 Å². The molecule has 0 radical (unpaired) electrons. The van der Waals surface area contributed by atoms with Crippen molar-refractivity contribution >= 4 is 56.6 Å². The SMILES string of the molecule is C#CC#CC#CC#COc1ccc(-c2c3ccc(-c4ccc(/C=C/c5ccc6c(OCCCCCC)c(/C=C/c7ccc(C)cc7)ccc6c5OCCCCCC)cc4)cc3c(-c3ccc(OCCCCCCCC)cc3)c3ccc(C)cc23)cc1. The first kappa shape index (κ1) is 61.2. The van der Waals surface area contributed by atoms with Crippen LogP contribution >= 0.6 is 0 Å². The van der Waals surface area contributed by atoms with E-state index in [1.165, 1.54) is 85.3 Å². The van der Waals surface area contributed by atoms with Gasteiger partial charge < -0.3 is 18.9 Å². The summed E-state index contributed by atoms with van der Waals surface area (Å²) < 4.78 is 25.6. The van der Waals surface area contributed by atoms with Gasteiger partial charge in [0.2, 0.25) is 0 Å². The first-order valence-electron chi connectivity index (χ1n) is 31.2. The highest BCUT2D eigenvalue weighted by molar-refractivity contribution is 6.22. The van der Waals surface area contributed by atoms with Gasteiger partial charge in [-0.1, -0.05) is 242 Å². The maximum absolute atomic E-state index is 6.82. The van der Waals surface area contributed by atoms with E-state index in [4.69, 9.17) is 25.4 Å². The molecule has 0 amide bonds. The lowest BCUT2D eigenvalue weighted by molar-refractivity contribution is 0.304. The van der Waals surface area contributed by atoms with Gasteiger partial charge in [0.05, 0.1) is 19.8 Å². The van der Waals surface area contributed by atoms with Crippen LogP contribution in [0, 0.1) is 61.9 Å². The van der Waals surface area contributed by atoms with E-state index in [1.54, 1.807) is 0 Å². The summed E-state index contributed by atoms with van der Waals surface area (Å²) in [5, 5.41) is 6.79. The molecule has 0 aliphatic carbocycles. The number of aryl methyl sites for hydroxylation is 2. The van der Waals surface area contributed by atoms with Crippen molar-refractivity contribution in [3.8, 4) is 104 Å². The minimum atomic E-state index is 0.617. The van der Waals surface area contributed by atoms with Crippen LogP contribution in [-0.2, 0) is 0 Å². The van der Waals surface area contributed by atoms with E-state index in [0.717, 1.165) is 128 Å². The van der Waals surface area contributed by atoms with Gasteiger partial charge in [-0.2, -0.15) is 0 Å². The molecule has 0 saturated carbocycles. The Morgan fingerprint density at radius 3 is 1.35 bits per heavy atom. The van der Waals surface area contributed by atoms with Crippen molar-refractivity contribution in [3.63, 3.8) is 0 Å². The Morgan fingerprint density at radius 2 is 0.779 bits per heavy atom. The molecule has 86 heavy (non-hydrogen) atoms. The maximum atomic E-state index is 6.82. The van der Waals surface area contributed by atoms with E-state index < -0.39 is 0 Å². The van der Waals surface area contributed by atoms with Crippen molar-refractivity contribution in [2.45, 2.75) is 125 Å². The van der Waals surface area contributed by atoms with Gasteiger partial charge in [0.25, 0.3) is 0 Å². The summed E-state index contributed by atoms with van der Waals surface area (Å²) in [5.74, 6) is 18.5. The fraction of sp³-hybridized carbons (Fsp3) is 0.268. The number of hydrogen-bond acceptors (Lipinski definition) is 4. The standard InChI is InChI=1S/C82H80O4/c1-7-11-15-19-21-25-55-83-71-47-40-66(41-48-71)79-74-52-46-70(60-78(74)80(73-51-29-62(6)59-77(73)79)67-42-49-72(50-43-67)84-56-26-22-20-16-12-8-2)65-36-32-64(33-37-65)35-39-69-45-54-75-76(82(69)86-58-24-18-14-10-4)53-44-68(81(75)85-57-23-17-13-9-3)38-34-63-30-27-61(5)28-31-63/h1,27-54,59-60H,8-10,12-14,16-18,20,22-24,26,56-58H2,2-6H3/b38-34+,39-35+. The van der Waals surface area contributed by atoms with Crippen LogP contribution in [0.4, 0.5) is 0 Å². The second-order valence-corrected chi connectivity index (χ2v) is 22.3. The third kappa shape index (κ3) is 16.5. The number of terminal acetylenes is 1. The summed E-state index contributed by atoms with van der Waals surface area (Å²) in [6, 6.07) is 57.0. The average molecular weight is 1130 g/mol. The third-order valence-corrected chi connectivity index (χ3v) is 15.8. The quantitative estimate of drug-likeness (QED) is 0.0212. The fourth-order valence-electron chi connectivity index (χ4n) is 11.1. The van der Waals surface area contributed by atoms with Gasteiger partial charge in [-0.15, -0.1) is 6.42 Å². The van der Waals surface area contributed by atoms with Crippen LogP contribution in [-0.4, -0.2) is 19.8 Å². The molecule has 0 aliphatic rings. The van der Waals surface area contributed by atoms with Gasteiger partial charge in [-0.3, -0.25) is 0 Å². The predicted octanol–water partition coefficient (Wildman–Crippen LogP) is 21.7. The van der Waals surface area contributed by atoms with E-state index in [9.17, 15) is 0 Å². The normalized spacial score (nSPS) is 11.0. The molecule has 0 atom stereocenters. The molecule has 9 aromatic rings. The second kappa shape index (κ2) is 32.1. The first-order valence-corrected chi connectivity index (χ1v) is 31.2. The Balaban J connectivity index is 1.06. The summed E-state index contributed by atoms with van der Waals surface area (Å²) in [6.45, 7) is 13.1. The molecule has 0 saturated heterocycles. The molecule has 0 heterocycles. The lowest BCUT2D eigenvalue weighted by atomic mass is 9.84. The smallest absolute Gasteiger partial charge is 0.140 e. The molecule has 432 valence electrons. The molecule has 0 aliphatic heterocycles. The summed E-state index contributed by atoms with van der Waals surface area (Å²) in [7, 11) is 0. The van der Waals surface area contributed by atoms with E-state index in [-0.39, 0.29) is 0 Å². The first-order chi connectivity index (χ1) is 42.3. The highest BCUT2D eigenvalue weighted by Crippen LogP contribution is 2.46. The lowest BCUT2D eigenvalue weighted by Gasteiger charge is -2.19. The Hall–Kier alpha value is -9.32. The summed E-state index contributed by atoms with van der Waals surface area (Å²) in [6.07, 6.45) is 33.1. The number of unbranched alkanes of at least 4 members (excludes halogenated alkanes) is 11.